The van der Waals surface area contributed by atoms with E-state index in [1.807, 2.05) is 33.8 Å². The molecule has 1 aromatic carbocycles. The van der Waals surface area contributed by atoms with Crippen LogP contribution in [-0.4, -0.2) is 39.4 Å². The van der Waals surface area contributed by atoms with Crippen LogP contribution in [0.3, 0.4) is 0 Å². The molecule has 0 bridgehead atoms. The van der Waals surface area contributed by atoms with E-state index in [9.17, 15) is 13.2 Å². The van der Waals surface area contributed by atoms with Gasteiger partial charge in [-0.15, -0.1) is 0 Å². The van der Waals surface area contributed by atoms with Crippen LogP contribution in [0.2, 0.25) is 0 Å². The Kier molecular flexibility index (Phi) is 5.76. The van der Waals surface area contributed by atoms with E-state index in [4.69, 9.17) is 0 Å². The highest BCUT2D eigenvalue weighted by molar-refractivity contribution is 7.89. The standard InChI is InChI=1S/C16H25NO4S/c1-10-8-11(2)14(5)15(13(10)4)22(19,20)17(6)9-12(3)16(18)21-7/h8,12H,9H2,1-7H3. The predicted molar refractivity (Wildman–Crippen MR) is 86.4 cm³/mol. The smallest absolute Gasteiger partial charge is 0.309 e. The SMILES string of the molecule is COC(=O)C(C)CN(C)S(=O)(=O)c1c(C)c(C)cc(C)c1C. The Hall–Kier alpha value is -1.40. The van der Waals surface area contributed by atoms with Gasteiger partial charge in [0.05, 0.1) is 17.9 Å². The number of sulfonamides is 1. The van der Waals surface area contributed by atoms with Gasteiger partial charge < -0.3 is 4.74 Å². The summed E-state index contributed by atoms with van der Waals surface area (Å²) < 4.78 is 31.7. The van der Waals surface area contributed by atoms with Crippen LogP contribution >= 0.6 is 0 Å². The number of hydrogen-bond donors (Lipinski definition) is 0. The van der Waals surface area contributed by atoms with E-state index >= 15 is 0 Å². The van der Waals surface area contributed by atoms with Gasteiger partial charge in [0.25, 0.3) is 0 Å². The number of nitrogens with zero attached hydrogens (tertiary/aromatic N) is 1. The number of ether oxygens (including phenoxy) is 1. The fourth-order valence-electron chi connectivity index (χ4n) is 2.48. The quantitative estimate of drug-likeness (QED) is 0.779. The van der Waals surface area contributed by atoms with Crippen molar-refractivity contribution in [1.29, 1.82) is 0 Å². The van der Waals surface area contributed by atoms with Crippen molar-refractivity contribution in [2.45, 2.75) is 39.5 Å². The van der Waals surface area contributed by atoms with Crippen molar-refractivity contribution in [3.63, 3.8) is 0 Å². The topological polar surface area (TPSA) is 63.7 Å². The van der Waals surface area contributed by atoms with Crippen LogP contribution in [-0.2, 0) is 19.6 Å². The van der Waals surface area contributed by atoms with E-state index in [0.29, 0.717) is 4.90 Å². The molecule has 5 nitrogen and oxygen atoms in total. The van der Waals surface area contributed by atoms with Gasteiger partial charge in [0, 0.05) is 13.6 Å². The minimum Gasteiger partial charge on any atom is -0.469 e. The van der Waals surface area contributed by atoms with Gasteiger partial charge in [0.15, 0.2) is 0 Å². The summed E-state index contributed by atoms with van der Waals surface area (Å²) in [6.45, 7) is 9.16. The average molecular weight is 327 g/mol. The van der Waals surface area contributed by atoms with E-state index < -0.39 is 21.9 Å². The molecule has 22 heavy (non-hydrogen) atoms. The van der Waals surface area contributed by atoms with Gasteiger partial charge >= 0.3 is 5.97 Å². The van der Waals surface area contributed by atoms with Crippen molar-refractivity contribution in [3.05, 3.63) is 28.3 Å². The molecule has 124 valence electrons. The second-order valence-electron chi connectivity index (χ2n) is 5.80. The molecule has 0 radical (unpaired) electrons. The molecule has 0 aliphatic rings. The molecule has 0 aromatic heterocycles. The minimum absolute atomic E-state index is 0.0842. The Bertz CT molecular complexity index is 654. The van der Waals surface area contributed by atoms with E-state index in [-0.39, 0.29) is 6.54 Å². The average Bonchev–Trinajstić information content (AvgIpc) is 2.44. The summed E-state index contributed by atoms with van der Waals surface area (Å²) >= 11 is 0. The number of esters is 1. The first kappa shape index (κ1) is 18.6. The number of aryl methyl sites for hydroxylation is 2. The zero-order valence-electron chi connectivity index (χ0n) is 14.4. The summed E-state index contributed by atoms with van der Waals surface area (Å²) in [7, 11) is -0.868. The Morgan fingerprint density at radius 1 is 1.18 bits per heavy atom. The molecule has 0 aliphatic carbocycles. The second kappa shape index (κ2) is 6.79. The fourth-order valence-corrected chi connectivity index (χ4v) is 4.31. The maximum absolute atomic E-state index is 12.9. The van der Waals surface area contributed by atoms with Gasteiger partial charge in [-0.3, -0.25) is 4.79 Å². The van der Waals surface area contributed by atoms with Crippen LogP contribution in [0.15, 0.2) is 11.0 Å². The molecular formula is C16H25NO4S. The van der Waals surface area contributed by atoms with Crippen LogP contribution < -0.4 is 0 Å². The van der Waals surface area contributed by atoms with Crippen molar-refractivity contribution >= 4 is 16.0 Å². The van der Waals surface area contributed by atoms with Gasteiger partial charge in [-0.05, 0) is 49.9 Å². The second-order valence-corrected chi connectivity index (χ2v) is 7.78. The first-order valence-electron chi connectivity index (χ1n) is 7.15. The zero-order chi connectivity index (χ0) is 17.2. The van der Waals surface area contributed by atoms with Crippen molar-refractivity contribution in [2.75, 3.05) is 20.7 Å². The van der Waals surface area contributed by atoms with E-state index in [0.717, 1.165) is 22.3 Å². The number of carbonyl (C=O) groups is 1. The summed E-state index contributed by atoms with van der Waals surface area (Å²) in [5, 5.41) is 0. The molecule has 6 heteroatoms. The highest BCUT2D eigenvalue weighted by Gasteiger charge is 2.29. The molecule has 0 N–H and O–H groups in total. The number of hydrogen-bond acceptors (Lipinski definition) is 4. The van der Waals surface area contributed by atoms with Crippen molar-refractivity contribution in [3.8, 4) is 0 Å². The van der Waals surface area contributed by atoms with Crippen molar-refractivity contribution in [1.82, 2.24) is 4.31 Å². The summed E-state index contributed by atoms with van der Waals surface area (Å²) in [5.41, 5.74) is 3.38. The lowest BCUT2D eigenvalue weighted by atomic mass is 10.0. The number of rotatable bonds is 5. The number of carbonyl (C=O) groups excluding carboxylic acids is 1. The molecule has 0 saturated heterocycles. The summed E-state index contributed by atoms with van der Waals surface area (Å²) in [6, 6.07) is 1.99. The zero-order valence-corrected chi connectivity index (χ0v) is 15.2. The molecule has 0 fully saturated rings. The Balaban J connectivity index is 3.28. The van der Waals surface area contributed by atoms with E-state index in [2.05, 4.69) is 4.74 Å². The lowest BCUT2D eigenvalue weighted by Crippen LogP contribution is -2.35. The van der Waals surface area contributed by atoms with Crippen LogP contribution in [0.25, 0.3) is 0 Å². The van der Waals surface area contributed by atoms with Crippen LogP contribution in [0.4, 0.5) is 0 Å². The molecule has 1 rings (SSSR count). The molecule has 1 atom stereocenters. The normalized spacial score (nSPS) is 13.3. The van der Waals surface area contributed by atoms with Crippen LogP contribution in [0.1, 0.15) is 29.2 Å². The van der Waals surface area contributed by atoms with Gasteiger partial charge in [-0.1, -0.05) is 13.0 Å². The first-order valence-corrected chi connectivity index (χ1v) is 8.59. The molecule has 0 amide bonds. The third-order valence-electron chi connectivity index (χ3n) is 4.10. The molecular weight excluding hydrogens is 302 g/mol. The fraction of sp³-hybridized carbons (Fsp3) is 0.562. The minimum atomic E-state index is -3.66. The lowest BCUT2D eigenvalue weighted by molar-refractivity contribution is -0.144. The van der Waals surface area contributed by atoms with Gasteiger partial charge in [0.2, 0.25) is 10.0 Å². The summed E-state index contributed by atoms with van der Waals surface area (Å²) in [6.07, 6.45) is 0. The Labute approximate surface area is 133 Å². The summed E-state index contributed by atoms with van der Waals surface area (Å²) in [4.78, 5) is 11.8. The molecule has 1 unspecified atom stereocenters. The molecule has 0 spiro atoms. The summed E-state index contributed by atoms with van der Waals surface area (Å²) in [5.74, 6) is -0.938. The molecule has 0 saturated carbocycles. The van der Waals surface area contributed by atoms with Gasteiger partial charge in [0.1, 0.15) is 0 Å². The highest BCUT2D eigenvalue weighted by atomic mass is 32.2. The third-order valence-corrected chi connectivity index (χ3v) is 6.20. The molecule has 0 heterocycles. The largest absolute Gasteiger partial charge is 0.469 e. The maximum atomic E-state index is 12.9. The van der Waals surface area contributed by atoms with Crippen LogP contribution in [0.5, 0.6) is 0 Å². The van der Waals surface area contributed by atoms with E-state index in [1.54, 1.807) is 6.92 Å². The Morgan fingerprint density at radius 3 is 2.05 bits per heavy atom. The monoisotopic (exact) mass is 327 g/mol. The third kappa shape index (κ3) is 3.50. The first-order chi connectivity index (χ1) is 10.0. The Morgan fingerprint density at radius 2 is 1.64 bits per heavy atom. The number of benzene rings is 1. The number of methoxy groups -OCH3 is 1. The molecule has 0 aliphatic heterocycles. The highest BCUT2D eigenvalue weighted by Crippen LogP contribution is 2.28. The molecule has 1 aromatic rings. The van der Waals surface area contributed by atoms with Crippen LogP contribution in [0, 0.1) is 33.6 Å². The van der Waals surface area contributed by atoms with Crippen molar-refractivity contribution < 1.29 is 17.9 Å². The van der Waals surface area contributed by atoms with Gasteiger partial charge in [-0.2, -0.15) is 0 Å². The lowest BCUT2D eigenvalue weighted by Gasteiger charge is -2.23. The predicted octanol–water partition coefficient (Wildman–Crippen LogP) is 2.35. The maximum Gasteiger partial charge on any atom is 0.309 e. The van der Waals surface area contributed by atoms with Gasteiger partial charge in [-0.25, -0.2) is 12.7 Å². The van der Waals surface area contributed by atoms with E-state index in [1.165, 1.54) is 18.5 Å². The van der Waals surface area contributed by atoms with Crippen molar-refractivity contribution in [2.24, 2.45) is 5.92 Å².